The maximum absolute atomic E-state index is 5.89. The summed E-state index contributed by atoms with van der Waals surface area (Å²) < 4.78 is 5.89. The molecule has 1 saturated carbocycles. The molecular weight excluding hydrogens is 374 g/mol. The minimum atomic E-state index is -0.110. The number of thioether (sulfide) groups is 1. The van der Waals surface area contributed by atoms with Crippen molar-refractivity contribution in [3.05, 3.63) is 42.0 Å². The highest BCUT2D eigenvalue weighted by Crippen LogP contribution is 2.36. The van der Waals surface area contributed by atoms with Crippen molar-refractivity contribution in [2.75, 3.05) is 11.1 Å². The molecule has 8 nitrogen and oxygen atoms in total. The summed E-state index contributed by atoms with van der Waals surface area (Å²) in [6, 6.07) is 9.69. The number of hydrogen-bond acceptors (Lipinski definition) is 9. The molecule has 1 unspecified atom stereocenters. The Labute approximate surface area is 167 Å². The van der Waals surface area contributed by atoms with Gasteiger partial charge in [0.25, 0.3) is 5.22 Å². The Kier molecular flexibility index (Phi) is 5.70. The highest BCUT2D eigenvalue weighted by molar-refractivity contribution is 7.99. The van der Waals surface area contributed by atoms with Crippen molar-refractivity contribution in [3.8, 4) is 0 Å². The van der Waals surface area contributed by atoms with Crippen molar-refractivity contribution in [2.24, 2.45) is 0 Å². The summed E-state index contributed by atoms with van der Waals surface area (Å²) in [5.41, 5.74) is 6.77. The van der Waals surface area contributed by atoms with Gasteiger partial charge in [-0.1, -0.05) is 49.2 Å². The van der Waals surface area contributed by atoms with Crippen LogP contribution in [0.2, 0.25) is 0 Å². The lowest BCUT2D eigenvalue weighted by atomic mass is 9.89. The van der Waals surface area contributed by atoms with Gasteiger partial charge in [0, 0.05) is 11.6 Å². The lowest BCUT2D eigenvalue weighted by Crippen LogP contribution is -2.08. The molecule has 1 aliphatic rings. The highest BCUT2D eigenvalue weighted by Gasteiger charge is 2.23. The minimum absolute atomic E-state index is 0.110. The average molecular weight is 398 g/mol. The third-order valence-electron chi connectivity index (χ3n) is 4.72. The first-order valence-corrected chi connectivity index (χ1v) is 10.4. The fraction of sp³-hybridized carbons (Fsp3) is 0.421. The Morgan fingerprint density at radius 1 is 1.07 bits per heavy atom. The molecule has 3 N–H and O–H groups in total. The molecular formula is C19H23N7OS. The van der Waals surface area contributed by atoms with Crippen molar-refractivity contribution < 1.29 is 4.42 Å². The second-order valence-corrected chi connectivity index (χ2v) is 8.16. The van der Waals surface area contributed by atoms with Gasteiger partial charge in [-0.15, -0.1) is 10.2 Å². The number of anilines is 3. The van der Waals surface area contributed by atoms with E-state index in [9.17, 15) is 0 Å². The van der Waals surface area contributed by atoms with Crippen molar-refractivity contribution in [1.82, 2.24) is 25.1 Å². The van der Waals surface area contributed by atoms with Crippen LogP contribution in [0.15, 0.2) is 40.0 Å². The molecule has 1 aliphatic carbocycles. The number of para-hydroxylation sites is 1. The number of aromatic nitrogens is 5. The van der Waals surface area contributed by atoms with Gasteiger partial charge in [-0.25, -0.2) is 0 Å². The summed E-state index contributed by atoms with van der Waals surface area (Å²) in [5.74, 6) is 2.28. The average Bonchev–Trinajstić information content (AvgIpc) is 3.17. The normalized spacial score (nSPS) is 16.0. The molecule has 0 aliphatic heterocycles. The van der Waals surface area contributed by atoms with Crippen molar-refractivity contribution >= 4 is 29.3 Å². The Morgan fingerprint density at radius 2 is 1.86 bits per heavy atom. The summed E-state index contributed by atoms with van der Waals surface area (Å²) in [4.78, 5) is 12.9. The molecule has 0 bridgehead atoms. The zero-order valence-electron chi connectivity index (χ0n) is 15.7. The molecule has 9 heteroatoms. The van der Waals surface area contributed by atoms with Crippen LogP contribution < -0.4 is 11.1 Å². The van der Waals surface area contributed by atoms with Gasteiger partial charge in [0.15, 0.2) is 0 Å². The van der Waals surface area contributed by atoms with E-state index in [1.165, 1.54) is 31.0 Å². The molecule has 0 amide bonds. The topological polar surface area (TPSA) is 116 Å². The third-order valence-corrected chi connectivity index (χ3v) is 5.65. The number of nitrogens with one attached hydrogen (secondary N) is 1. The summed E-state index contributed by atoms with van der Waals surface area (Å²) in [6.45, 7) is 1.98. The van der Waals surface area contributed by atoms with E-state index >= 15 is 0 Å². The van der Waals surface area contributed by atoms with E-state index in [2.05, 4.69) is 30.5 Å². The molecule has 28 heavy (non-hydrogen) atoms. The zero-order chi connectivity index (χ0) is 19.3. The van der Waals surface area contributed by atoms with Gasteiger partial charge in [-0.05, 0) is 31.9 Å². The summed E-state index contributed by atoms with van der Waals surface area (Å²) >= 11 is 1.43. The molecule has 1 fully saturated rings. The number of rotatable bonds is 6. The fourth-order valence-corrected chi connectivity index (χ4v) is 4.02. The van der Waals surface area contributed by atoms with Crippen LogP contribution in [0, 0.1) is 0 Å². The Hall–Kier alpha value is -2.68. The number of hydrogen-bond donors (Lipinski definition) is 2. The number of benzene rings is 1. The molecule has 0 saturated heterocycles. The van der Waals surface area contributed by atoms with Crippen molar-refractivity contribution in [3.63, 3.8) is 0 Å². The molecule has 1 aromatic carbocycles. The zero-order valence-corrected chi connectivity index (χ0v) is 16.5. The van der Waals surface area contributed by atoms with Crippen LogP contribution in [0.3, 0.4) is 0 Å². The van der Waals surface area contributed by atoms with E-state index in [0.29, 0.717) is 22.9 Å². The quantitative estimate of drug-likeness (QED) is 0.581. The van der Waals surface area contributed by atoms with Crippen LogP contribution >= 0.6 is 11.8 Å². The van der Waals surface area contributed by atoms with Crippen LogP contribution in [-0.2, 0) is 0 Å². The van der Waals surface area contributed by atoms with E-state index in [-0.39, 0.29) is 11.2 Å². The van der Waals surface area contributed by atoms with Gasteiger partial charge in [0.2, 0.25) is 17.8 Å². The van der Waals surface area contributed by atoms with Crippen LogP contribution in [0.25, 0.3) is 0 Å². The predicted octanol–water partition coefficient (Wildman–Crippen LogP) is 4.48. The van der Waals surface area contributed by atoms with Gasteiger partial charge in [-0.3, -0.25) is 0 Å². The molecule has 146 valence electrons. The first-order chi connectivity index (χ1) is 13.7. The second kappa shape index (κ2) is 8.55. The van der Waals surface area contributed by atoms with E-state index in [0.717, 1.165) is 24.4 Å². The summed E-state index contributed by atoms with van der Waals surface area (Å²) in [5, 5.41) is 12.0. The minimum Gasteiger partial charge on any atom is -0.416 e. The Bertz CT molecular complexity index is 912. The molecule has 4 rings (SSSR count). The van der Waals surface area contributed by atoms with Crippen LogP contribution in [0.5, 0.6) is 0 Å². The second-order valence-electron chi connectivity index (χ2n) is 6.87. The molecule has 0 spiro atoms. The Balaban J connectivity index is 1.45. The monoisotopic (exact) mass is 397 g/mol. The van der Waals surface area contributed by atoms with E-state index < -0.39 is 0 Å². The van der Waals surface area contributed by atoms with E-state index in [4.69, 9.17) is 10.2 Å². The van der Waals surface area contributed by atoms with Crippen LogP contribution in [0.1, 0.15) is 61.9 Å². The van der Waals surface area contributed by atoms with Crippen LogP contribution in [-0.4, -0.2) is 25.1 Å². The molecule has 3 aromatic rings. The van der Waals surface area contributed by atoms with Gasteiger partial charge >= 0.3 is 0 Å². The largest absolute Gasteiger partial charge is 0.416 e. The van der Waals surface area contributed by atoms with Gasteiger partial charge in [0.05, 0.1) is 5.25 Å². The van der Waals surface area contributed by atoms with Gasteiger partial charge in [0.1, 0.15) is 5.82 Å². The maximum Gasteiger partial charge on any atom is 0.277 e. The van der Waals surface area contributed by atoms with E-state index in [1.807, 2.05) is 37.3 Å². The highest BCUT2D eigenvalue weighted by atomic mass is 32.2. The molecule has 0 radical (unpaired) electrons. The number of nitrogen functional groups attached to an aromatic ring is 1. The number of nitrogens with zero attached hydrogens (tertiary/aromatic N) is 5. The lowest BCUT2D eigenvalue weighted by molar-refractivity contribution is 0.334. The van der Waals surface area contributed by atoms with Crippen LogP contribution in [0.4, 0.5) is 17.6 Å². The summed E-state index contributed by atoms with van der Waals surface area (Å²) in [6.07, 6.45) is 6.00. The molecule has 2 heterocycles. The van der Waals surface area contributed by atoms with Crippen molar-refractivity contribution in [2.45, 2.75) is 55.4 Å². The Morgan fingerprint density at radius 3 is 2.64 bits per heavy atom. The van der Waals surface area contributed by atoms with Gasteiger partial charge in [-0.2, -0.15) is 15.0 Å². The fourth-order valence-electron chi connectivity index (χ4n) is 3.28. The number of nitrogens with two attached hydrogens (primary N) is 1. The van der Waals surface area contributed by atoms with Crippen molar-refractivity contribution in [1.29, 1.82) is 0 Å². The lowest BCUT2D eigenvalue weighted by Gasteiger charge is -2.17. The first-order valence-electron chi connectivity index (χ1n) is 9.51. The van der Waals surface area contributed by atoms with Gasteiger partial charge < -0.3 is 15.5 Å². The molecule has 1 atom stereocenters. The smallest absolute Gasteiger partial charge is 0.277 e. The third kappa shape index (κ3) is 4.59. The summed E-state index contributed by atoms with van der Waals surface area (Å²) in [7, 11) is 0. The van der Waals surface area contributed by atoms with E-state index in [1.54, 1.807) is 0 Å². The predicted molar refractivity (Wildman–Crippen MR) is 108 cm³/mol. The molecule has 2 aromatic heterocycles. The standard InChI is InChI=1S/C19H23N7OS/c1-12(28-19-26-25-16(27-19)13-8-4-2-5-9-13)15-22-17(20)24-18(23-15)21-14-10-6-3-7-11-14/h3,6-7,10-13H,2,4-5,8-9H2,1H3,(H3,20,21,22,23,24). The SMILES string of the molecule is CC(Sc1nnc(C2CCCCC2)o1)c1nc(N)nc(Nc2ccccc2)n1. The first kappa shape index (κ1) is 18.7. The maximum atomic E-state index is 5.89.